The van der Waals surface area contributed by atoms with Crippen molar-refractivity contribution in [3.8, 4) is 5.75 Å². The van der Waals surface area contributed by atoms with Crippen LogP contribution in [0, 0.1) is 19.8 Å². The molecular formula is C17H27NO. The summed E-state index contributed by atoms with van der Waals surface area (Å²) < 4.78 is 5.70. The summed E-state index contributed by atoms with van der Waals surface area (Å²) in [4.78, 5) is 0. The number of methoxy groups -OCH3 is 1. The molecule has 1 aliphatic rings. The third-order valence-corrected chi connectivity index (χ3v) is 4.63. The van der Waals surface area contributed by atoms with Crippen LogP contribution in [0.3, 0.4) is 0 Å². The van der Waals surface area contributed by atoms with Gasteiger partial charge in [0.25, 0.3) is 0 Å². The van der Waals surface area contributed by atoms with E-state index >= 15 is 0 Å². The van der Waals surface area contributed by atoms with Crippen LogP contribution in [0.25, 0.3) is 0 Å². The number of benzene rings is 1. The second-order valence-corrected chi connectivity index (χ2v) is 5.74. The quantitative estimate of drug-likeness (QED) is 0.870. The molecule has 0 spiro atoms. The molecule has 106 valence electrons. The highest BCUT2D eigenvalue weighted by atomic mass is 16.5. The lowest BCUT2D eigenvalue weighted by Crippen LogP contribution is -2.24. The fraction of sp³-hybridized carbons (Fsp3) is 0.647. The number of hydrogen-bond acceptors (Lipinski definition) is 2. The van der Waals surface area contributed by atoms with E-state index in [1.807, 2.05) is 0 Å². The molecule has 0 heterocycles. The van der Waals surface area contributed by atoms with Crippen LogP contribution in [0.4, 0.5) is 0 Å². The molecule has 1 fully saturated rings. The van der Waals surface area contributed by atoms with Gasteiger partial charge in [-0.05, 0) is 68.3 Å². The largest absolute Gasteiger partial charge is 0.496 e. The Kier molecular flexibility index (Phi) is 4.87. The second-order valence-electron chi connectivity index (χ2n) is 5.74. The molecule has 0 aliphatic heterocycles. The van der Waals surface area contributed by atoms with Gasteiger partial charge in [0.1, 0.15) is 5.75 Å². The van der Waals surface area contributed by atoms with Crippen LogP contribution in [0.1, 0.15) is 48.8 Å². The Morgan fingerprint density at radius 1 is 1.26 bits per heavy atom. The van der Waals surface area contributed by atoms with Gasteiger partial charge in [-0.15, -0.1) is 0 Å². The molecule has 1 aromatic carbocycles. The molecule has 2 unspecified atom stereocenters. The van der Waals surface area contributed by atoms with E-state index in [0.29, 0.717) is 5.92 Å². The fourth-order valence-corrected chi connectivity index (χ4v) is 3.39. The van der Waals surface area contributed by atoms with Crippen molar-refractivity contribution in [3.63, 3.8) is 0 Å². The standard InChI is InChI=1S/C17H27NO/c1-5-18-11-14-7-6-8-15(14)16-10-9-12(2)13(3)17(16)19-4/h9-10,14-15,18H,5-8,11H2,1-4H3. The number of aryl methyl sites for hydroxylation is 1. The van der Waals surface area contributed by atoms with Crippen LogP contribution in [0.15, 0.2) is 12.1 Å². The monoisotopic (exact) mass is 261 g/mol. The summed E-state index contributed by atoms with van der Waals surface area (Å²) in [5.74, 6) is 2.54. The van der Waals surface area contributed by atoms with E-state index < -0.39 is 0 Å². The van der Waals surface area contributed by atoms with Gasteiger partial charge in [-0.3, -0.25) is 0 Å². The minimum absolute atomic E-state index is 0.660. The molecule has 0 aromatic heterocycles. The molecule has 0 saturated heterocycles. The Hall–Kier alpha value is -1.02. The summed E-state index contributed by atoms with van der Waals surface area (Å²) in [6.07, 6.45) is 3.99. The third kappa shape index (κ3) is 2.94. The number of ether oxygens (including phenoxy) is 1. The molecule has 0 amide bonds. The van der Waals surface area contributed by atoms with Crippen molar-refractivity contribution in [2.45, 2.75) is 46.0 Å². The van der Waals surface area contributed by atoms with Gasteiger partial charge in [-0.2, -0.15) is 0 Å². The van der Waals surface area contributed by atoms with Crippen molar-refractivity contribution in [2.75, 3.05) is 20.2 Å². The minimum Gasteiger partial charge on any atom is -0.496 e. The van der Waals surface area contributed by atoms with Gasteiger partial charge in [0.2, 0.25) is 0 Å². The second kappa shape index (κ2) is 6.42. The van der Waals surface area contributed by atoms with E-state index in [9.17, 15) is 0 Å². The van der Waals surface area contributed by atoms with E-state index in [1.54, 1.807) is 7.11 Å². The first-order valence-corrected chi connectivity index (χ1v) is 7.53. The normalized spacial score (nSPS) is 22.7. The first kappa shape index (κ1) is 14.4. The summed E-state index contributed by atoms with van der Waals surface area (Å²) in [5.41, 5.74) is 4.04. The highest BCUT2D eigenvalue weighted by molar-refractivity contribution is 5.47. The van der Waals surface area contributed by atoms with Gasteiger partial charge in [0.15, 0.2) is 0 Å². The predicted octanol–water partition coefficient (Wildman–Crippen LogP) is 3.81. The first-order valence-electron chi connectivity index (χ1n) is 7.53. The van der Waals surface area contributed by atoms with Crippen LogP contribution in [0.2, 0.25) is 0 Å². The lowest BCUT2D eigenvalue weighted by Gasteiger charge is -2.24. The van der Waals surface area contributed by atoms with Gasteiger partial charge < -0.3 is 10.1 Å². The number of nitrogens with one attached hydrogen (secondary N) is 1. The lowest BCUT2D eigenvalue weighted by atomic mass is 9.86. The van der Waals surface area contributed by atoms with Crippen LogP contribution in [-0.4, -0.2) is 20.2 Å². The zero-order chi connectivity index (χ0) is 13.8. The molecule has 0 radical (unpaired) electrons. The molecular weight excluding hydrogens is 234 g/mol. The zero-order valence-electron chi connectivity index (χ0n) is 12.8. The zero-order valence-corrected chi connectivity index (χ0v) is 12.8. The highest BCUT2D eigenvalue weighted by Crippen LogP contribution is 2.44. The summed E-state index contributed by atoms with van der Waals surface area (Å²) in [7, 11) is 1.81. The van der Waals surface area contributed by atoms with E-state index in [2.05, 4.69) is 38.2 Å². The minimum atomic E-state index is 0.660. The molecule has 2 heteroatoms. The maximum Gasteiger partial charge on any atom is 0.125 e. The van der Waals surface area contributed by atoms with E-state index in [1.165, 1.54) is 36.0 Å². The van der Waals surface area contributed by atoms with Gasteiger partial charge in [-0.25, -0.2) is 0 Å². The van der Waals surface area contributed by atoms with Crippen LogP contribution in [-0.2, 0) is 0 Å². The topological polar surface area (TPSA) is 21.3 Å². The molecule has 0 bridgehead atoms. The Labute approximate surface area is 117 Å². The number of hydrogen-bond donors (Lipinski definition) is 1. The van der Waals surface area contributed by atoms with E-state index in [0.717, 1.165) is 24.8 Å². The SMILES string of the molecule is CCNCC1CCCC1c1ccc(C)c(C)c1OC. The Morgan fingerprint density at radius 3 is 2.74 bits per heavy atom. The maximum absolute atomic E-state index is 5.70. The number of rotatable bonds is 5. The highest BCUT2D eigenvalue weighted by Gasteiger charge is 2.30. The molecule has 2 nitrogen and oxygen atoms in total. The summed E-state index contributed by atoms with van der Waals surface area (Å²) >= 11 is 0. The average molecular weight is 261 g/mol. The van der Waals surface area contributed by atoms with Crippen molar-refractivity contribution >= 4 is 0 Å². The lowest BCUT2D eigenvalue weighted by molar-refractivity contribution is 0.387. The third-order valence-electron chi connectivity index (χ3n) is 4.63. The summed E-state index contributed by atoms with van der Waals surface area (Å²) in [5, 5.41) is 3.51. The molecule has 1 N–H and O–H groups in total. The average Bonchev–Trinajstić information content (AvgIpc) is 2.87. The van der Waals surface area contributed by atoms with Crippen molar-refractivity contribution in [1.82, 2.24) is 5.32 Å². The Bertz CT molecular complexity index is 428. The molecule has 1 aliphatic carbocycles. The fourth-order valence-electron chi connectivity index (χ4n) is 3.39. The maximum atomic E-state index is 5.70. The summed E-state index contributed by atoms with van der Waals surface area (Å²) in [6.45, 7) is 8.71. The van der Waals surface area contributed by atoms with Crippen molar-refractivity contribution in [2.24, 2.45) is 5.92 Å². The Balaban J connectivity index is 2.27. The smallest absolute Gasteiger partial charge is 0.125 e. The van der Waals surface area contributed by atoms with E-state index in [4.69, 9.17) is 4.74 Å². The molecule has 2 atom stereocenters. The predicted molar refractivity (Wildman–Crippen MR) is 81.1 cm³/mol. The van der Waals surface area contributed by atoms with Crippen molar-refractivity contribution in [3.05, 3.63) is 28.8 Å². The molecule has 1 saturated carbocycles. The first-order chi connectivity index (χ1) is 9.19. The van der Waals surface area contributed by atoms with Gasteiger partial charge in [-0.1, -0.05) is 25.5 Å². The van der Waals surface area contributed by atoms with Gasteiger partial charge >= 0.3 is 0 Å². The molecule has 1 aromatic rings. The van der Waals surface area contributed by atoms with Gasteiger partial charge in [0, 0.05) is 0 Å². The molecule has 2 rings (SSSR count). The molecule has 19 heavy (non-hydrogen) atoms. The van der Waals surface area contributed by atoms with Gasteiger partial charge in [0.05, 0.1) is 7.11 Å². The van der Waals surface area contributed by atoms with Crippen LogP contribution < -0.4 is 10.1 Å². The van der Waals surface area contributed by atoms with Crippen LogP contribution in [0.5, 0.6) is 5.75 Å². The van der Waals surface area contributed by atoms with E-state index in [-0.39, 0.29) is 0 Å². The van der Waals surface area contributed by atoms with Crippen molar-refractivity contribution < 1.29 is 4.74 Å². The van der Waals surface area contributed by atoms with Crippen molar-refractivity contribution in [1.29, 1.82) is 0 Å². The van der Waals surface area contributed by atoms with Crippen LogP contribution >= 0.6 is 0 Å². The Morgan fingerprint density at radius 2 is 2.05 bits per heavy atom. The summed E-state index contributed by atoms with van der Waals surface area (Å²) in [6, 6.07) is 4.53.